The van der Waals surface area contributed by atoms with Crippen LogP contribution in [0.4, 0.5) is 10.6 Å². The number of carbonyl (C=O) groups excluding carboxylic acids is 2. The zero-order valence-electron chi connectivity index (χ0n) is 12.9. The molecule has 0 bridgehead atoms. The summed E-state index contributed by atoms with van der Waals surface area (Å²) in [4.78, 5) is 32.0. The number of nitrogens with one attached hydrogen (secondary N) is 1. The SMILES string of the molecule is CC(C)(C)OC(=O)OC(C)(C)C(=O)Nc1ncc(Br)nc1Br. The van der Waals surface area contributed by atoms with Crippen LogP contribution in [0.3, 0.4) is 0 Å². The standard InChI is InChI=1S/C13H17Br2N3O4/c1-12(2,3)21-11(20)22-13(4,5)10(19)18-9-8(15)17-7(14)6-16-9/h6H,1-5H3,(H,16,18,19). The van der Waals surface area contributed by atoms with Gasteiger partial charge in [0, 0.05) is 0 Å². The number of ether oxygens (including phenoxy) is 2. The molecule has 22 heavy (non-hydrogen) atoms. The predicted molar refractivity (Wildman–Crippen MR) is 87.5 cm³/mol. The molecular weight excluding hydrogens is 422 g/mol. The maximum Gasteiger partial charge on any atom is 0.509 e. The van der Waals surface area contributed by atoms with Crippen LogP contribution in [0.5, 0.6) is 0 Å². The van der Waals surface area contributed by atoms with E-state index in [4.69, 9.17) is 9.47 Å². The molecule has 1 aromatic heterocycles. The number of halogens is 2. The van der Waals surface area contributed by atoms with Crippen molar-refractivity contribution in [2.45, 2.75) is 45.8 Å². The molecule has 1 aromatic rings. The summed E-state index contributed by atoms with van der Waals surface area (Å²) >= 11 is 6.34. The molecule has 0 aliphatic rings. The Balaban J connectivity index is 2.76. The van der Waals surface area contributed by atoms with Crippen molar-refractivity contribution in [3.63, 3.8) is 0 Å². The van der Waals surface area contributed by atoms with Gasteiger partial charge in [-0.2, -0.15) is 0 Å². The summed E-state index contributed by atoms with van der Waals surface area (Å²) < 4.78 is 11.0. The normalized spacial score (nSPS) is 11.8. The Labute approximate surface area is 145 Å². The fraction of sp³-hybridized carbons (Fsp3) is 0.538. The molecule has 0 aromatic carbocycles. The van der Waals surface area contributed by atoms with Crippen LogP contribution >= 0.6 is 31.9 Å². The average Bonchev–Trinajstić information content (AvgIpc) is 2.29. The van der Waals surface area contributed by atoms with E-state index in [-0.39, 0.29) is 5.82 Å². The Morgan fingerprint density at radius 3 is 2.23 bits per heavy atom. The van der Waals surface area contributed by atoms with Gasteiger partial charge >= 0.3 is 6.16 Å². The number of aromatic nitrogens is 2. The number of hydrogen-bond acceptors (Lipinski definition) is 6. The summed E-state index contributed by atoms with van der Waals surface area (Å²) in [6.07, 6.45) is 0.510. The Morgan fingerprint density at radius 1 is 1.14 bits per heavy atom. The molecule has 0 fully saturated rings. The van der Waals surface area contributed by atoms with Crippen LogP contribution in [0.2, 0.25) is 0 Å². The second-order valence-corrected chi connectivity index (χ2v) is 7.43. The van der Waals surface area contributed by atoms with E-state index < -0.39 is 23.3 Å². The van der Waals surface area contributed by atoms with Gasteiger partial charge in [-0.3, -0.25) is 4.79 Å². The molecule has 1 amide bonds. The minimum atomic E-state index is -1.43. The topological polar surface area (TPSA) is 90.4 Å². The summed E-state index contributed by atoms with van der Waals surface area (Å²) in [5.74, 6) is -0.343. The van der Waals surface area contributed by atoms with Crippen LogP contribution in [0, 0.1) is 0 Å². The van der Waals surface area contributed by atoms with Crippen LogP contribution in [0.25, 0.3) is 0 Å². The maximum absolute atomic E-state index is 12.2. The summed E-state index contributed by atoms with van der Waals surface area (Å²) in [5, 5.41) is 2.53. The molecule has 122 valence electrons. The summed E-state index contributed by atoms with van der Waals surface area (Å²) in [7, 11) is 0. The van der Waals surface area contributed by atoms with E-state index in [1.807, 2.05) is 0 Å². The van der Waals surface area contributed by atoms with Gasteiger partial charge in [0.25, 0.3) is 5.91 Å². The molecule has 9 heteroatoms. The molecule has 1 rings (SSSR count). The molecule has 1 heterocycles. The van der Waals surface area contributed by atoms with Crippen LogP contribution in [-0.4, -0.2) is 33.2 Å². The highest BCUT2D eigenvalue weighted by atomic mass is 79.9. The first-order chi connectivity index (χ1) is 9.90. The molecule has 0 aliphatic heterocycles. The molecule has 0 spiro atoms. The van der Waals surface area contributed by atoms with Crippen LogP contribution in [-0.2, 0) is 14.3 Å². The molecule has 0 unspecified atom stereocenters. The van der Waals surface area contributed by atoms with Crippen molar-refractivity contribution >= 4 is 49.7 Å². The van der Waals surface area contributed by atoms with Gasteiger partial charge < -0.3 is 14.8 Å². The van der Waals surface area contributed by atoms with Crippen LogP contribution < -0.4 is 5.32 Å². The van der Waals surface area contributed by atoms with Crippen molar-refractivity contribution < 1.29 is 19.1 Å². The van der Waals surface area contributed by atoms with E-state index in [2.05, 4.69) is 47.1 Å². The lowest BCUT2D eigenvalue weighted by atomic mass is 10.1. The van der Waals surface area contributed by atoms with E-state index in [0.29, 0.717) is 9.21 Å². The van der Waals surface area contributed by atoms with Crippen molar-refractivity contribution in [1.82, 2.24) is 9.97 Å². The van der Waals surface area contributed by atoms with Crippen molar-refractivity contribution in [3.8, 4) is 0 Å². The summed E-state index contributed by atoms with van der Waals surface area (Å²) in [6, 6.07) is 0. The van der Waals surface area contributed by atoms with E-state index in [1.54, 1.807) is 20.8 Å². The first-order valence-corrected chi connectivity index (χ1v) is 7.91. The Morgan fingerprint density at radius 2 is 1.73 bits per heavy atom. The monoisotopic (exact) mass is 437 g/mol. The number of anilines is 1. The van der Waals surface area contributed by atoms with Gasteiger partial charge in [-0.25, -0.2) is 14.8 Å². The fourth-order valence-electron chi connectivity index (χ4n) is 1.21. The Hall–Kier alpha value is -1.22. The quantitative estimate of drug-likeness (QED) is 0.724. The Bertz CT molecular complexity index is 585. The second kappa shape index (κ2) is 6.91. The van der Waals surface area contributed by atoms with Gasteiger partial charge in [0.05, 0.1) is 6.20 Å². The predicted octanol–water partition coefficient (Wildman–Crippen LogP) is 3.67. The maximum atomic E-state index is 12.2. The van der Waals surface area contributed by atoms with E-state index >= 15 is 0 Å². The highest BCUT2D eigenvalue weighted by molar-refractivity contribution is 9.11. The third-order valence-electron chi connectivity index (χ3n) is 2.21. The highest BCUT2D eigenvalue weighted by Crippen LogP contribution is 2.22. The molecule has 7 nitrogen and oxygen atoms in total. The van der Waals surface area contributed by atoms with Gasteiger partial charge in [-0.1, -0.05) is 0 Å². The van der Waals surface area contributed by atoms with Crippen molar-refractivity contribution in [1.29, 1.82) is 0 Å². The minimum absolute atomic E-state index is 0.217. The molecule has 0 radical (unpaired) electrons. The Kier molecular flexibility index (Phi) is 5.91. The van der Waals surface area contributed by atoms with Crippen molar-refractivity contribution in [2.24, 2.45) is 0 Å². The molecular formula is C13H17Br2N3O4. The van der Waals surface area contributed by atoms with Gasteiger partial charge in [-0.15, -0.1) is 0 Å². The summed E-state index contributed by atoms with van der Waals surface area (Å²) in [6.45, 7) is 8.01. The van der Waals surface area contributed by atoms with Crippen LogP contribution in [0.1, 0.15) is 34.6 Å². The molecule has 0 atom stereocenters. The molecule has 0 saturated carbocycles. The zero-order valence-corrected chi connectivity index (χ0v) is 16.0. The van der Waals surface area contributed by atoms with Crippen molar-refractivity contribution in [2.75, 3.05) is 5.32 Å². The second-order valence-electron chi connectivity index (χ2n) is 5.86. The fourth-order valence-corrected chi connectivity index (χ4v) is 2.12. The largest absolute Gasteiger partial charge is 0.509 e. The number of rotatable bonds is 3. The lowest BCUT2D eigenvalue weighted by Crippen LogP contribution is -2.43. The number of carbonyl (C=O) groups is 2. The number of hydrogen-bond donors (Lipinski definition) is 1. The van der Waals surface area contributed by atoms with Gasteiger partial charge in [0.1, 0.15) is 14.8 Å². The van der Waals surface area contributed by atoms with Gasteiger partial charge in [0.15, 0.2) is 11.4 Å². The number of nitrogens with zero attached hydrogens (tertiary/aromatic N) is 2. The first-order valence-electron chi connectivity index (χ1n) is 6.32. The van der Waals surface area contributed by atoms with Crippen LogP contribution in [0.15, 0.2) is 15.4 Å². The van der Waals surface area contributed by atoms with E-state index in [0.717, 1.165) is 0 Å². The molecule has 0 saturated heterocycles. The lowest BCUT2D eigenvalue weighted by molar-refractivity contribution is -0.135. The van der Waals surface area contributed by atoms with Gasteiger partial charge in [0.2, 0.25) is 0 Å². The molecule has 1 N–H and O–H groups in total. The third-order valence-corrected chi connectivity index (χ3v) is 3.14. The zero-order chi connectivity index (χ0) is 17.1. The third kappa shape index (κ3) is 5.88. The first kappa shape index (κ1) is 18.8. The van der Waals surface area contributed by atoms with E-state index in [9.17, 15) is 9.59 Å². The summed E-state index contributed by atoms with van der Waals surface area (Å²) in [5.41, 5.74) is -2.14. The smallest absolute Gasteiger partial charge is 0.429 e. The average molecular weight is 439 g/mol. The minimum Gasteiger partial charge on any atom is -0.429 e. The lowest BCUT2D eigenvalue weighted by Gasteiger charge is -2.26. The van der Waals surface area contributed by atoms with Gasteiger partial charge in [-0.05, 0) is 66.5 Å². The van der Waals surface area contributed by atoms with E-state index in [1.165, 1.54) is 20.0 Å². The van der Waals surface area contributed by atoms with Crippen molar-refractivity contribution in [3.05, 3.63) is 15.4 Å². The number of amides is 1. The molecule has 0 aliphatic carbocycles. The highest BCUT2D eigenvalue weighted by Gasteiger charge is 2.34.